The molecule has 0 aliphatic carbocycles. The maximum atomic E-state index is 12.6. The van der Waals surface area contributed by atoms with Crippen molar-refractivity contribution in [2.75, 3.05) is 11.3 Å². The molecule has 0 saturated heterocycles. The first-order chi connectivity index (χ1) is 11.3. The molecule has 1 heterocycles. The summed E-state index contributed by atoms with van der Waals surface area (Å²) >= 11 is 0. The molecule has 4 rings (SSSR count). The van der Waals surface area contributed by atoms with Gasteiger partial charge in [0.15, 0.2) is 0 Å². The van der Waals surface area contributed by atoms with E-state index in [0.29, 0.717) is 0 Å². The van der Waals surface area contributed by atoms with Crippen molar-refractivity contribution in [2.24, 2.45) is 0 Å². The highest BCUT2D eigenvalue weighted by atomic mass is 32.2. The first-order valence-electron chi connectivity index (χ1n) is 7.79. The van der Waals surface area contributed by atoms with E-state index >= 15 is 0 Å². The predicted molar refractivity (Wildman–Crippen MR) is 95.8 cm³/mol. The van der Waals surface area contributed by atoms with Gasteiger partial charge in [0.1, 0.15) is 11.0 Å². The van der Waals surface area contributed by atoms with Crippen LogP contribution in [0.3, 0.4) is 0 Å². The van der Waals surface area contributed by atoms with Gasteiger partial charge in [-0.15, -0.1) is 0 Å². The van der Waals surface area contributed by atoms with Crippen LogP contribution in [0.15, 0.2) is 65.6 Å². The molecule has 0 bridgehead atoms. The highest BCUT2D eigenvalue weighted by Crippen LogP contribution is 2.22. The number of benzene rings is 3. The van der Waals surface area contributed by atoms with Crippen molar-refractivity contribution in [1.29, 1.82) is 0 Å². The van der Waals surface area contributed by atoms with Gasteiger partial charge in [0.2, 0.25) is 0 Å². The van der Waals surface area contributed by atoms with Gasteiger partial charge in [-0.3, -0.25) is 0 Å². The fraction of sp³-hybridized carbons (Fsp3) is 0.158. The monoisotopic (exact) mass is 322 g/mol. The fourth-order valence-electron chi connectivity index (χ4n) is 2.99. The van der Waals surface area contributed by atoms with Crippen molar-refractivity contribution >= 4 is 27.4 Å². The fourth-order valence-corrected chi connectivity index (χ4v) is 3.87. The Morgan fingerprint density at radius 1 is 0.913 bits per heavy atom. The Kier molecular flexibility index (Phi) is 3.85. The molecule has 23 heavy (non-hydrogen) atoms. The molecule has 116 valence electrons. The van der Waals surface area contributed by atoms with Crippen molar-refractivity contribution < 1.29 is 4.21 Å². The summed E-state index contributed by atoms with van der Waals surface area (Å²) in [6, 6.07) is 20.3. The van der Waals surface area contributed by atoms with Crippen LogP contribution in [0.4, 0.5) is 5.69 Å². The first kappa shape index (κ1) is 14.4. The zero-order chi connectivity index (χ0) is 15.6. The van der Waals surface area contributed by atoms with E-state index in [4.69, 9.17) is 0 Å². The standard InChI is InChI=1S/C19H18N2OS/c22-23(19-8-6-14-3-1-2-4-15(14)12-19)21-18-7-5-17-13-20-10-9-16(17)11-18/h1-8,11-12,20-21H,9-10,13H2. The molecule has 0 spiro atoms. The van der Waals surface area contributed by atoms with E-state index in [1.54, 1.807) is 0 Å². The molecule has 3 nitrogen and oxygen atoms in total. The molecular formula is C19H18N2OS. The molecule has 0 radical (unpaired) electrons. The SMILES string of the molecule is O=S(Nc1ccc2c(c1)CCNC2)c1ccc2ccccc2c1. The van der Waals surface area contributed by atoms with Crippen LogP contribution >= 0.6 is 0 Å². The molecule has 0 aromatic heterocycles. The normalized spacial score (nSPS) is 15.1. The third kappa shape index (κ3) is 3.00. The number of rotatable bonds is 3. The van der Waals surface area contributed by atoms with Crippen molar-refractivity contribution in [1.82, 2.24) is 5.32 Å². The van der Waals surface area contributed by atoms with Crippen LogP contribution in [-0.2, 0) is 24.0 Å². The molecular weight excluding hydrogens is 304 g/mol. The molecule has 0 fully saturated rings. The number of hydrogen-bond donors (Lipinski definition) is 2. The molecule has 1 unspecified atom stereocenters. The van der Waals surface area contributed by atoms with E-state index in [9.17, 15) is 4.21 Å². The highest BCUT2D eigenvalue weighted by Gasteiger charge is 2.10. The summed E-state index contributed by atoms with van der Waals surface area (Å²) in [5, 5.41) is 5.63. The van der Waals surface area contributed by atoms with Crippen LogP contribution in [0, 0.1) is 0 Å². The minimum Gasteiger partial charge on any atom is -0.312 e. The van der Waals surface area contributed by atoms with E-state index in [0.717, 1.165) is 40.9 Å². The van der Waals surface area contributed by atoms with Gasteiger partial charge in [-0.25, -0.2) is 4.21 Å². The maximum Gasteiger partial charge on any atom is 0.150 e. The van der Waals surface area contributed by atoms with E-state index < -0.39 is 11.0 Å². The van der Waals surface area contributed by atoms with Crippen molar-refractivity contribution in [2.45, 2.75) is 17.9 Å². The second-order valence-electron chi connectivity index (χ2n) is 5.79. The Labute approximate surface area is 138 Å². The minimum absolute atomic E-state index is 0.795. The average molecular weight is 322 g/mol. The summed E-state index contributed by atoms with van der Waals surface area (Å²) < 4.78 is 15.7. The lowest BCUT2D eigenvalue weighted by Gasteiger charge is -2.18. The van der Waals surface area contributed by atoms with E-state index in [1.165, 1.54) is 11.1 Å². The summed E-state index contributed by atoms with van der Waals surface area (Å²) in [5.41, 5.74) is 3.58. The summed E-state index contributed by atoms with van der Waals surface area (Å²) in [5.74, 6) is 0. The molecule has 1 aliphatic rings. The van der Waals surface area contributed by atoms with Gasteiger partial charge in [0.05, 0.1) is 4.90 Å². The predicted octanol–water partition coefficient (Wildman–Crippen LogP) is 3.62. The van der Waals surface area contributed by atoms with Gasteiger partial charge in [-0.1, -0.05) is 36.4 Å². The van der Waals surface area contributed by atoms with Gasteiger partial charge in [-0.05, 0) is 59.1 Å². The van der Waals surface area contributed by atoms with Crippen LogP contribution < -0.4 is 10.0 Å². The van der Waals surface area contributed by atoms with Crippen molar-refractivity contribution in [3.05, 3.63) is 71.8 Å². The zero-order valence-electron chi connectivity index (χ0n) is 12.7. The Morgan fingerprint density at radius 2 is 1.78 bits per heavy atom. The molecule has 0 amide bonds. The third-order valence-corrected chi connectivity index (χ3v) is 5.34. The van der Waals surface area contributed by atoms with Gasteiger partial charge >= 0.3 is 0 Å². The second kappa shape index (κ2) is 6.14. The lowest BCUT2D eigenvalue weighted by atomic mass is 10.0. The topological polar surface area (TPSA) is 41.1 Å². The van der Waals surface area contributed by atoms with Crippen molar-refractivity contribution in [3.63, 3.8) is 0 Å². The van der Waals surface area contributed by atoms with Crippen LogP contribution in [0.2, 0.25) is 0 Å². The summed E-state index contributed by atoms with van der Waals surface area (Å²) in [6.07, 6.45) is 1.02. The Morgan fingerprint density at radius 3 is 2.70 bits per heavy atom. The van der Waals surface area contributed by atoms with Gasteiger partial charge in [-0.2, -0.15) is 0 Å². The van der Waals surface area contributed by atoms with Crippen molar-refractivity contribution in [3.8, 4) is 0 Å². The lowest BCUT2D eigenvalue weighted by Crippen LogP contribution is -2.23. The van der Waals surface area contributed by atoms with Gasteiger partial charge in [0, 0.05) is 12.2 Å². The molecule has 2 N–H and O–H groups in total. The molecule has 1 atom stereocenters. The quantitative estimate of drug-likeness (QED) is 0.773. The summed E-state index contributed by atoms with van der Waals surface area (Å²) in [7, 11) is -1.26. The molecule has 1 aliphatic heterocycles. The van der Waals surface area contributed by atoms with Crippen LogP contribution in [0.25, 0.3) is 10.8 Å². The molecule has 0 saturated carbocycles. The minimum atomic E-state index is -1.26. The van der Waals surface area contributed by atoms with Crippen LogP contribution in [-0.4, -0.2) is 10.8 Å². The smallest absolute Gasteiger partial charge is 0.150 e. The first-order valence-corrected chi connectivity index (χ1v) is 8.94. The number of hydrogen-bond acceptors (Lipinski definition) is 2. The molecule has 4 heteroatoms. The maximum absolute atomic E-state index is 12.6. The van der Waals surface area contributed by atoms with Gasteiger partial charge < -0.3 is 10.0 Å². The zero-order valence-corrected chi connectivity index (χ0v) is 13.5. The highest BCUT2D eigenvalue weighted by molar-refractivity contribution is 7.86. The molecule has 3 aromatic carbocycles. The van der Waals surface area contributed by atoms with E-state index in [1.807, 2.05) is 42.5 Å². The van der Waals surface area contributed by atoms with Crippen LogP contribution in [0.5, 0.6) is 0 Å². The van der Waals surface area contributed by atoms with Gasteiger partial charge in [0.25, 0.3) is 0 Å². The van der Waals surface area contributed by atoms with E-state index in [-0.39, 0.29) is 0 Å². The lowest BCUT2D eigenvalue weighted by molar-refractivity contribution is 0.644. The number of nitrogens with one attached hydrogen (secondary N) is 2. The van der Waals surface area contributed by atoms with Crippen LogP contribution in [0.1, 0.15) is 11.1 Å². The summed E-state index contributed by atoms with van der Waals surface area (Å²) in [4.78, 5) is 0.795. The number of fused-ring (bicyclic) bond motifs is 2. The average Bonchev–Trinajstić information content (AvgIpc) is 2.61. The largest absolute Gasteiger partial charge is 0.312 e. The van der Waals surface area contributed by atoms with E-state index in [2.05, 4.69) is 28.2 Å². The second-order valence-corrected chi connectivity index (χ2v) is 7.00. The third-order valence-electron chi connectivity index (χ3n) is 4.24. The Balaban J connectivity index is 1.59. The molecule has 3 aromatic rings. The number of anilines is 1. The Bertz CT molecular complexity index is 891. The Hall–Kier alpha value is -2.17. The summed E-state index contributed by atoms with van der Waals surface area (Å²) in [6.45, 7) is 1.92.